The predicted octanol–water partition coefficient (Wildman–Crippen LogP) is 1.56. The Morgan fingerprint density at radius 3 is 2.89 bits per heavy atom. The third-order valence-electron chi connectivity index (χ3n) is 5.19. The maximum absolute atomic E-state index is 12.6. The lowest BCUT2D eigenvalue weighted by molar-refractivity contribution is -0.133. The van der Waals surface area contributed by atoms with E-state index in [4.69, 9.17) is 9.15 Å². The van der Waals surface area contributed by atoms with Gasteiger partial charge in [-0.3, -0.25) is 14.7 Å². The van der Waals surface area contributed by atoms with Crippen LogP contribution in [0.2, 0.25) is 0 Å². The van der Waals surface area contributed by atoms with Crippen LogP contribution in [-0.2, 0) is 9.53 Å². The lowest BCUT2D eigenvalue weighted by Gasteiger charge is -2.32. The van der Waals surface area contributed by atoms with Crippen LogP contribution in [0.5, 0.6) is 0 Å². The molecule has 2 aliphatic heterocycles. The van der Waals surface area contributed by atoms with Crippen LogP contribution in [0, 0.1) is 0 Å². The molecule has 0 spiro atoms. The van der Waals surface area contributed by atoms with Gasteiger partial charge >= 0.3 is 0 Å². The predicted molar refractivity (Wildman–Crippen MR) is 98.0 cm³/mol. The molecule has 0 saturated carbocycles. The number of aromatic nitrogens is 3. The minimum atomic E-state index is 0.0936. The second kappa shape index (κ2) is 8.58. The molecular formula is C19H25N5O3. The van der Waals surface area contributed by atoms with E-state index in [0.717, 1.165) is 52.2 Å². The van der Waals surface area contributed by atoms with Gasteiger partial charge < -0.3 is 14.1 Å². The lowest BCUT2D eigenvalue weighted by atomic mass is 9.98. The Bertz CT molecular complexity index is 745. The van der Waals surface area contributed by atoms with Crippen LogP contribution >= 0.6 is 0 Å². The summed E-state index contributed by atoms with van der Waals surface area (Å²) in [5.74, 6) is 1.33. The number of pyridine rings is 1. The lowest BCUT2D eigenvalue weighted by Crippen LogP contribution is -2.42. The van der Waals surface area contributed by atoms with Crippen molar-refractivity contribution in [1.29, 1.82) is 0 Å². The van der Waals surface area contributed by atoms with E-state index in [2.05, 4.69) is 20.1 Å². The van der Waals surface area contributed by atoms with Gasteiger partial charge in [-0.1, -0.05) is 6.07 Å². The van der Waals surface area contributed by atoms with Gasteiger partial charge in [0.25, 0.3) is 5.89 Å². The van der Waals surface area contributed by atoms with Gasteiger partial charge in [0.15, 0.2) is 0 Å². The number of rotatable bonds is 5. The maximum atomic E-state index is 12.6. The number of carbonyl (C=O) groups is 1. The second-order valence-corrected chi connectivity index (χ2v) is 7.04. The van der Waals surface area contributed by atoms with Gasteiger partial charge in [-0.25, -0.2) is 0 Å². The molecule has 0 aromatic carbocycles. The summed E-state index contributed by atoms with van der Waals surface area (Å²) in [6.45, 7) is 5.59. The molecule has 0 bridgehead atoms. The van der Waals surface area contributed by atoms with Gasteiger partial charge in [0.2, 0.25) is 11.8 Å². The van der Waals surface area contributed by atoms with Crippen LogP contribution < -0.4 is 0 Å². The monoisotopic (exact) mass is 371 g/mol. The molecular weight excluding hydrogens is 346 g/mol. The molecule has 2 saturated heterocycles. The third-order valence-corrected chi connectivity index (χ3v) is 5.19. The molecule has 0 N–H and O–H groups in total. The number of carbonyl (C=O) groups excluding carboxylic acids is 1. The first-order valence-electron chi connectivity index (χ1n) is 9.62. The second-order valence-electron chi connectivity index (χ2n) is 7.04. The Hall–Kier alpha value is -2.32. The molecule has 144 valence electrons. The van der Waals surface area contributed by atoms with Crippen molar-refractivity contribution in [2.45, 2.75) is 25.2 Å². The summed E-state index contributed by atoms with van der Waals surface area (Å²) in [4.78, 5) is 21.1. The zero-order chi connectivity index (χ0) is 18.5. The van der Waals surface area contributed by atoms with Gasteiger partial charge in [-0.2, -0.15) is 0 Å². The van der Waals surface area contributed by atoms with Gasteiger partial charge in [-0.15, -0.1) is 10.2 Å². The maximum Gasteiger partial charge on any atom is 0.266 e. The van der Waals surface area contributed by atoms with Crippen molar-refractivity contribution in [1.82, 2.24) is 25.0 Å². The largest absolute Gasteiger partial charge is 0.419 e. The Morgan fingerprint density at radius 1 is 1.19 bits per heavy atom. The van der Waals surface area contributed by atoms with Crippen LogP contribution in [-0.4, -0.2) is 76.8 Å². The number of likely N-dealkylation sites (tertiary alicyclic amines) is 1. The van der Waals surface area contributed by atoms with Crippen molar-refractivity contribution in [3.63, 3.8) is 0 Å². The van der Waals surface area contributed by atoms with Crippen LogP contribution in [0.15, 0.2) is 28.8 Å². The molecule has 8 nitrogen and oxygen atoms in total. The Labute approximate surface area is 158 Å². The normalized spacial score (nSPS) is 21.3. The van der Waals surface area contributed by atoms with Crippen molar-refractivity contribution in [2.24, 2.45) is 0 Å². The summed E-state index contributed by atoms with van der Waals surface area (Å²) < 4.78 is 11.2. The smallest absolute Gasteiger partial charge is 0.266 e. The minimum Gasteiger partial charge on any atom is -0.419 e. The zero-order valence-corrected chi connectivity index (χ0v) is 15.4. The van der Waals surface area contributed by atoms with Crippen molar-refractivity contribution < 1.29 is 13.9 Å². The number of piperidine rings is 1. The van der Waals surface area contributed by atoms with Gasteiger partial charge in [-0.05, 0) is 25.0 Å². The molecule has 0 radical (unpaired) electrons. The number of hydrogen-bond donors (Lipinski definition) is 0. The molecule has 0 unspecified atom stereocenters. The van der Waals surface area contributed by atoms with Crippen molar-refractivity contribution >= 4 is 5.91 Å². The first kappa shape index (κ1) is 18.1. The fourth-order valence-corrected chi connectivity index (χ4v) is 3.63. The Balaban J connectivity index is 1.34. The van der Waals surface area contributed by atoms with Crippen molar-refractivity contribution in [3.8, 4) is 11.6 Å². The van der Waals surface area contributed by atoms with E-state index < -0.39 is 0 Å². The highest BCUT2D eigenvalue weighted by molar-refractivity contribution is 5.76. The van der Waals surface area contributed by atoms with Crippen LogP contribution in [0.3, 0.4) is 0 Å². The molecule has 8 heteroatoms. The average molecular weight is 371 g/mol. The van der Waals surface area contributed by atoms with E-state index in [-0.39, 0.29) is 11.8 Å². The number of ether oxygens (including phenoxy) is 1. The summed E-state index contributed by atoms with van der Waals surface area (Å²) in [6.07, 6.45) is 4.16. The molecule has 27 heavy (non-hydrogen) atoms. The third kappa shape index (κ3) is 4.51. The van der Waals surface area contributed by atoms with Crippen LogP contribution in [0.25, 0.3) is 11.6 Å². The molecule has 1 amide bonds. The van der Waals surface area contributed by atoms with Crippen molar-refractivity contribution in [3.05, 3.63) is 30.3 Å². The molecule has 4 heterocycles. The molecule has 2 aromatic heterocycles. The quantitative estimate of drug-likeness (QED) is 0.788. The van der Waals surface area contributed by atoms with Crippen LogP contribution in [0.4, 0.5) is 0 Å². The van der Waals surface area contributed by atoms with E-state index in [1.165, 1.54) is 0 Å². The average Bonchev–Trinajstić information content (AvgIpc) is 3.24. The van der Waals surface area contributed by atoms with Crippen molar-refractivity contribution in [2.75, 3.05) is 45.9 Å². The molecule has 2 fully saturated rings. The number of nitrogens with zero attached hydrogens (tertiary/aromatic N) is 5. The fraction of sp³-hybridized carbons (Fsp3) is 0.579. The topological polar surface area (TPSA) is 84.6 Å². The molecule has 2 aliphatic rings. The summed E-state index contributed by atoms with van der Waals surface area (Å²) >= 11 is 0. The number of amides is 1. The zero-order valence-electron chi connectivity index (χ0n) is 15.4. The minimum absolute atomic E-state index is 0.0936. The van der Waals surface area contributed by atoms with E-state index in [0.29, 0.717) is 30.4 Å². The summed E-state index contributed by atoms with van der Waals surface area (Å²) in [5.41, 5.74) is 0.672. The molecule has 2 aromatic rings. The Morgan fingerprint density at radius 2 is 2.07 bits per heavy atom. The number of hydrogen-bond acceptors (Lipinski definition) is 7. The standard InChI is InChI=1S/C19H25N5O3/c25-17(6-9-23-10-12-26-13-11-23)24-8-3-4-15(14-24)18-21-22-19(27-18)16-5-1-2-7-20-16/h1-2,5,7,15H,3-4,6,8-14H2/t15-/m1/s1. The first-order valence-corrected chi connectivity index (χ1v) is 9.62. The highest BCUT2D eigenvalue weighted by atomic mass is 16.5. The van der Waals surface area contributed by atoms with Gasteiger partial charge in [0, 0.05) is 45.3 Å². The van der Waals surface area contributed by atoms with Gasteiger partial charge in [0.05, 0.1) is 19.1 Å². The summed E-state index contributed by atoms with van der Waals surface area (Å²) in [7, 11) is 0. The molecule has 1 atom stereocenters. The summed E-state index contributed by atoms with van der Waals surface area (Å²) in [6, 6.07) is 5.59. The van der Waals surface area contributed by atoms with E-state index in [1.807, 2.05) is 23.1 Å². The van der Waals surface area contributed by atoms with E-state index >= 15 is 0 Å². The van der Waals surface area contributed by atoms with Crippen LogP contribution in [0.1, 0.15) is 31.1 Å². The molecule has 4 rings (SSSR count). The summed E-state index contributed by atoms with van der Waals surface area (Å²) in [5, 5.41) is 8.34. The highest BCUT2D eigenvalue weighted by Gasteiger charge is 2.28. The van der Waals surface area contributed by atoms with E-state index in [9.17, 15) is 4.79 Å². The number of morpholine rings is 1. The van der Waals surface area contributed by atoms with E-state index in [1.54, 1.807) is 6.20 Å². The fourth-order valence-electron chi connectivity index (χ4n) is 3.63. The Kier molecular flexibility index (Phi) is 5.74. The van der Waals surface area contributed by atoms with Gasteiger partial charge in [0.1, 0.15) is 5.69 Å². The SMILES string of the molecule is O=C(CCN1CCOCC1)N1CCC[C@@H](c2nnc(-c3ccccn3)o2)C1. The molecule has 0 aliphatic carbocycles. The highest BCUT2D eigenvalue weighted by Crippen LogP contribution is 2.28. The first-order chi connectivity index (χ1) is 13.3.